The molecule has 0 spiro atoms. The number of carboxylic acids is 1. The SMILES string of the molecule is O=C(O)c1ccc2cc(C(=O)OC3CCC(NC(=O)c4ccc(CO)cc4)CC3)ccc2c1. The first-order valence-corrected chi connectivity index (χ1v) is 10.9. The van der Waals surface area contributed by atoms with Crippen molar-refractivity contribution < 1.29 is 29.3 Å². The van der Waals surface area contributed by atoms with Crippen molar-refractivity contribution in [3.8, 4) is 0 Å². The van der Waals surface area contributed by atoms with Gasteiger partial charge in [0.2, 0.25) is 0 Å². The fourth-order valence-corrected chi connectivity index (χ4v) is 4.08. The molecular weight excluding hydrogens is 422 g/mol. The van der Waals surface area contributed by atoms with Crippen molar-refractivity contribution in [1.29, 1.82) is 0 Å². The summed E-state index contributed by atoms with van der Waals surface area (Å²) >= 11 is 0. The van der Waals surface area contributed by atoms with Gasteiger partial charge in [-0.2, -0.15) is 0 Å². The number of benzene rings is 3. The maximum atomic E-state index is 12.6. The number of aliphatic hydroxyl groups excluding tert-OH is 1. The molecule has 0 unspecified atom stereocenters. The zero-order valence-corrected chi connectivity index (χ0v) is 18.0. The fourth-order valence-electron chi connectivity index (χ4n) is 4.08. The molecule has 7 heteroatoms. The van der Waals surface area contributed by atoms with Crippen LogP contribution >= 0.6 is 0 Å². The minimum atomic E-state index is -0.994. The highest BCUT2D eigenvalue weighted by Gasteiger charge is 2.25. The number of rotatable bonds is 6. The van der Waals surface area contributed by atoms with E-state index >= 15 is 0 Å². The van der Waals surface area contributed by atoms with Gasteiger partial charge in [-0.25, -0.2) is 9.59 Å². The molecule has 7 nitrogen and oxygen atoms in total. The average molecular weight is 447 g/mol. The van der Waals surface area contributed by atoms with Gasteiger partial charge in [0.05, 0.1) is 17.7 Å². The van der Waals surface area contributed by atoms with Gasteiger partial charge in [0.1, 0.15) is 6.10 Å². The number of hydrogen-bond donors (Lipinski definition) is 3. The molecule has 0 aliphatic heterocycles. The molecule has 1 aliphatic carbocycles. The molecule has 1 amide bonds. The topological polar surface area (TPSA) is 113 Å². The van der Waals surface area contributed by atoms with Gasteiger partial charge in [-0.1, -0.05) is 24.3 Å². The van der Waals surface area contributed by atoms with Gasteiger partial charge in [-0.3, -0.25) is 4.79 Å². The number of amides is 1. The van der Waals surface area contributed by atoms with Crippen LogP contribution in [0.25, 0.3) is 10.8 Å². The molecule has 3 aromatic rings. The Hall–Kier alpha value is -3.71. The van der Waals surface area contributed by atoms with Crippen molar-refractivity contribution >= 4 is 28.6 Å². The van der Waals surface area contributed by atoms with E-state index in [9.17, 15) is 14.4 Å². The summed E-state index contributed by atoms with van der Waals surface area (Å²) in [7, 11) is 0. The van der Waals surface area contributed by atoms with E-state index in [0.717, 1.165) is 16.3 Å². The van der Waals surface area contributed by atoms with Crippen LogP contribution in [-0.2, 0) is 11.3 Å². The quantitative estimate of drug-likeness (QED) is 0.494. The Balaban J connectivity index is 1.30. The van der Waals surface area contributed by atoms with Crippen LogP contribution in [-0.4, -0.2) is 40.2 Å². The van der Waals surface area contributed by atoms with E-state index in [1.807, 2.05) is 0 Å². The first-order chi connectivity index (χ1) is 15.9. The second-order valence-corrected chi connectivity index (χ2v) is 8.29. The summed E-state index contributed by atoms with van der Waals surface area (Å²) in [6.45, 7) is -0.0600. The van der Waals surface area contributed by atoms with Gasteiger partial charge >= 0.3 is 11.9 Å². The second-order valence-electron chi connectivity index (χ2n) is 8.29. The molecule has 3 aromatic carbocycles. The lowest BCUT2D eigenvalue weighted by Gasteiger charge is -2.29. The van der Waals surface area contributed by atoms with Crippen molar-refractivity contribution in [2.45, 2.75) is 44.4 Å². The van der Waals surface area contributed by atoms with E-state index in [1.165, 1.54) is 6.07 Å². The highest BCUT2D eigenvalue weighted by Crippen LogP contribution is 2.24. The van der Waals surface area contributed by atoms with E-state index in [4.69, 9.17) is 14.9 Å². The number of carboxylic acid groups (broad SMARTS) is 1. The fraction of sp³-hybridized carbons (Fsp3) is 0.269. The summed E-state index contributed by atoms with van der Waals surface area (Å²) in [6.07, 6.45) is 2.55. The summed E-state index contributed by atoms with van der Waals surface area (Å²) in [5.41, 5.74) is 1.93. The molecule has 33 heavy (non-hydrogen) atoms. The standard InChI is InChI=1S/C26H25NO6/c28-15-16-1-3-17(4-2-16)24(29)27-22-9-11-23(12-10-22)33-26(32)21-8-6-18-13-20(25(30)31)7-5-19(18)14-21/h1-8,13-14,22-23,28H,9-12,15H2,(H,27,29)(H,30,31). The molecule has 170 valence electrons. The summed E-state index contributed by atoms with van der Waals surface area (Å²) in [5.74, 6) is -1.55. The molecule has 3 N–H and O–H groups in total. The van der Waals surface area contributed by atoms with Crippen molar-refractivity contribution in [3.05, 3.63) is 82.9 Å². The lowest BCUT2D eigenvalue weighted by molar-refractivity contribution is 0.0184. The molecule has 0 heterocycles. The zero-order valence-electron chi connectivity index (χ0n) is 18.0. The van der Waals surface area contributed by atoms with Crippen LogP contribution in [0.4, 0.5) is 0 Å². The predicted octanol–water partition coefficient (Wildman–Crippen LogP) is 3.93. The third-order valence-electron chi connectivity index (χ3n) is 6.00. The number of hydrogen-bond acceptors (Lipinski definition) is 5. The van der Waals surface area contributed by atoms with Crippen molar-refractivity contribution in [3.63, 3.8) is 0 Å². The first-order valence-electron chi connectivity index (χ1n) is 10.9. The number of fused-ring (bicyclic) bond motifs is 1. The minimum absolute atomic E-state index is 0.0223. The van der Waals surface area contributed by atoms with E-state index < -0.39 is 11.9 Å². The average Bonchev–Trinajstić information content (AvgIpc) is 2.84. The number of carbonyl (C=O) groups excluding carboxylic acids is 2. The van der Waals surface area contributed by atoms with Gasteiger partial charge in [-0.05, 0) is 78.4 Å². The van der Waals surface area contributed by atoms with E-state index in [-0.39, 0.29) is 30.2 Å². The van der Waals surface area contributed by atoms with Crippen molar-refractivity contribution in [2.75, 3.05) is 0 Å². The molecule has 0 aromatic heterocycles. The lowest BCUT2D eigenvalue weighted by Crippen LogP contribution is -2.39. The number of ether oxygens (including phenoxy) is 1. The summed E-state index contributed by atoms with van der Waals surface area (Å²) in [4.78, 5) is 36.2. The zero-order chi connectivity index (χ0) is 23.4. The van der Waals surface area contributed by atoms with E-state index in [0.29, 0.717) is 36.8 Å². The van der Waals surface area contributed by atoms with E-state index in [2.05, 4.69) is 5.32 Å². The predicted molar refractivity (Wildman–Crippen MR) is 122 cm³/mol. The Morgan fingerprint density at radius 2 is 1.39 bits per heavy atom. The molecule has 0 atom stereocenters. The molecule has 0 saturated heterocycles. The summed E-state index contributed by atoms with van der Waals surface area (Å²) in [5, 5.41) is 22.8. The number of esters is 1. The van der Waals surface area contributed by atoms with Crippen LogP contribution in [0.15, 0.2) is 60.7 Å². The largest absolute Gasteiger partial charge is 0.478 e. The Labute approximate surface area is 191 Å². The van der Waals surface area contributed by atoms with Crippen LogP contribution in [0.5, 0.6) is 0 Å². The third-order valence-corrected chi connectivity index (χ3v) is 6.00. The molecule has 0 bridgehead atoms. The summed E-state index contributed by atoms with van der Waals surface area (Å²) in [6, 6.07) is 16.7. The molecule has 4 rings (SSSR count). The minimum Gasteiger partial charge on any atom is -0.478 e. The number of aliphatic hydroxyl groups is 1. The number of carbonyl (C=O) groups is 3. The van der Waals surface area contributed by atoms with Crippen LogP contribution < -0.4 is 5.32 Å². The van der Waals surface area contributed by atoms with Crippen molar-refractivity contribution in [2.24, 2.45) is 0 Å². The van der Waals surface area contributed by atoms with E-state index in [1.54, 1.807) is 54.6 Å². The first kappa shape index (κ1) is 22.5. The molecular formula is C26H25NO6. The van der Waals surface area contributed by atoms with Crippen LogP contribution in [0.3, 0.4) is 0 Å². The second kappa shape index (κ2) is 9.83. The molecule has 1 saturated carbocycles. The Bertz CT molecular complexity index is 1180. The van der Waals surface area contributed by atoms with Crippen LogP contribution in [0.2, 0.25) is 0 Å². The van der Waals surface area contributed by atoms with Gasteiger partial charge < -0.3 is 20.3 Å². The Kier molecular flexibility index (Phi) is 6.70. The molecule has 1 aliphatic rings. The Morgan fingerprint density at radius 3 is 2.00 bits per heavy atom. The van der Waals surface area contributed by atoms with Gasteiger partial charge in [-0.15, -0.1) is 0 Å². The number of nitrogens with one attached hydrogen (secondary N) is 1. The molecule has 1 fully saturated rings. The lowest BCUT2D eigenvalue weighted by atomic mass is 9.92. The highest BCUT2D eigenvalue weighted by atomic mass is 16.5. The molecule has 0 radical (unpaired) electrons. The van der Waals surface area contributed by atoms with Crippen molar-refractivity contribution in [1.82, 2.24) is 5.32 Å². The third kappa shape index (κ3) is 5.38. The maximum absolute atomic E-state index is 12.6. The smallest absolute Gasteiger partial charge is 0.338 e. The van der Waals surface area contributed by atoms with Crippen LogP contribution in [0.1, 0.15) is 62.3 Å². The highest BCUT2D eigenvalue weighted by molar-refractivity contribution is 5.98. The number of aromatic carboxylic acids is 1. The van der Waals surface area contributed by atoms with Gasteiger partial charge in [0, 0.05) is 11.6 Å². The monoisotopic (exact) mass is 447 g/mol. The van der Waals surface area contributed by atoms with Crippen LogP contribution in [0, 0.1) is 0 Å². The Morgan fingerprint density at radius 1 is 0.818 bits per heavy atom. The normalized spacial score (nSPS) is 18.0. The summed E-state index contributed by atoms with van der Waals surface area (Å²) < 4.78 is 5.68. The van der Waals surface area contributed by atoms with Gasteiger partial charge in [0.15, 0.2) is 0 Å². The van der Waals surface area contributed by atoms with Gasteiger partial charge in [0.25, 0.3) is 5.91 Å². The maximum Gasteiger partial charge on any atom is 0.338 e.